The maximum atomic E-state index is 5.44. The molecule has 0 spiro atoms. The summed E-state index contributed by atoms with van der Waals surface area (Å²) in [4.78, 5) is 0. The molecule has 0 fully saturated rings. The molecule has 4 heteroatoms. The van der Waals surface area contributed by atoms with Gasteiger partial charge in [-0.1, -0.05) is 51.4 Å². The van der Waals surface area contributed by atoms with Gasteiger partial charge in [-0.3, -0.25) is 0 Å². The maximum Gasteiger partial charge on any atom is 0.229 e. The van der Waals surface area contributed by atoms with Crippen LogP contribution in [0.2, 0.25) is 6.04 Å². The van der Waals surface area contributed by atoms with E-state index in [1.165, 1.54) is 63.8 Å². The Hall–Kier alpha value is 0.354. The van der Waals surface area contributed by atoms with Gasteiger partial charge < -0.3 is 9.85 Å². The monoisotopic (exact) mass is 242 g/mol. The van der Waals surface area contributed by atoms with Gasteiger partial charge >= 0.3 is 0 Å². The van der Waals surface area contributed by atoms with Crippen molar-refractivity contribution >= 4 is 20.2 Å². The van der Waals surface area contributed by atoms with Gasteiger partial charge in [0.1, 0.15) is 0 Å². The summed E-state index contributed by atoms with van der Waals surface area (Å²) in [5, 5.41) is 0. The first-order valence-corrected chi connectivity index (χ1v) is 7.69. The second-order valence-corrected chi connectivity index (χ2v) is 5.57. The molecule has 5 radical (unpaired) electrons. The first kappa shape index (κ1) is 15.4. The van der Waals surface area contributed by atoms with Crippen molar-refractivity contribution in [2.75, 3.05) is 6.54 Å². The van der Waals surface area contributed by atoms with Crippen LogP contribution in [0, 0.1) is 0 Å². The molecule has 0 aliphatic rings. The van der Waals surface area contributed by atoms with E-state index in [9.17, 15) is 0 Å². The van der Waals surface area contributed by atoms with Crippen LogP contribution in [0.1, 0.15) is 57.8 Å². The van der Waals surface area contributed by atoms with Gasteiger partial charge in [0, 0.05) is 0 Å². The number of hydrogen-bond acceptors (Lipinski definition) is 2. The number of rotatable bonds is 12. The van der Waals surface area contributed by atoms with Crippen LogP contribution in [0.25, 0.3) is 0 Å². The van der Waals surface area contributed by atoms with E-state index in [2.05, 4.69) is 10.5 Å². The van der Waals surface area contributed by atoms with Crippen LogP contribution in [0.5, 0.6) is 0 Å². The molecule has 87 valence electrons. The van der Waals surface area contributed by atoms with Gasteiger partial charge in [-0.25, -0.2) is 0 Å². The van der Waals surface area contributed by atoms with Crippen molar-refractivity contribution in [3.8, 4) is 0 Å². The van der Waals surface area contributed by atoms with Crippen LogP contribution in [0.3, 0.4) is 0 Å². The summed E-state index contributed by atoms with van der Waals surface area (Å²) >= 11 is 0. The average Bonchev–Trinajstić information content (AvgIpc) is 2.26. The van der Waals surface area contributed by atoms with E-state index < -0.39 is 0 Å². The largest absolute Gasteiger partial charge is 0.458 e. The van der Waals surface area contributed by atoms with Crippen LogP contribution in [0.15, 0.2) is 0 Å². The van der Waals surface area contributed by atoms with Crippen molar-refractivity contribution < 1.29 is 4.12 Å². The Kier molecular flexibility index (Phi) is 14.7. The van der Waals surface area contributed by atoms with Gasteiger partial charge in [0.15, 0.2) is 0 Å². The minimum Gasteiger partial charge on any atom is -0.458 e. The third-order valence-electron chi connectivity index (χ3n) is 2.56. The van der Waals surface area contributed by atoms with Crippen molar-refractivity contribution in [1.29, 1.82) is 0 Å². The summed E-state index contributed by atoms with van der Waals surface area (Å²) in [6.45, 7) is 0.857. The third kappa shape index (κ3) is 14.4. The number of unbranched alkanes of at least 4 members (excludes halogenated alkanes) is 8. The standard InChI is InChI=1S/C11H24NOSi2/c12-10-8-6-4-2-1-3-5-7-9-11-15-13-14/h1-12H2. The molecular formula is C11H24NOSi2. The Morgan fingerprint density at radius 2 is 1.27 bits per heavy atom. The summed E-state index contributed by atoms with van der Waals surface area (Å²) in [6.07, 6.45) is 12.2. The van der Waals surface area contributed by atoms with Gasteiger partial charge in [0.25, 0.3) is 0 Å². The second-order valence-electron chi connectivity index (χ2n) is 3.97. The highest BCUT2D eigenvalue weighted by atomic mass is 28.3. The predicted molar refractivity (Wildman–Crippen MR) is 68.0 cm³/mol. The molecule has 0 heterocycles. The second kappa shape index (κ2) is 14.4. The Morgan fingerprint density at radius 1 is 0.800 bits per heavy atom. The van der Waals surface area contributed by atoms with Crippen LogP contribution >= 0.6 is 0 Å². The molecule has 0 aromatic carbocycles. The molecule has 0 saturated carbocycles. The van der Waals surface area contributed by atoms with E-state index in [1.807, 2.05) is 0 Å². The Balaban J connectivity index is 2.81. The topological polar surface area (TPSA) is 35.2 Å². The van der Waals surface area contributed by atoms with Crippen molar-refractivity contribution in [1.82, 2.24) is 0 Å². The highest BCUT2D eigenvalue weighted by molar-refractivity contribution is 6.34. The molecule has 0 aromatic heterocycles. The lowest BCUT2D eigenvalue weighted by atomic mass is 10.1. The molecule has 2 N–H and O–H groups in total. The molecule has 0 aromatic rings. The van der Waals surface area contributed by atoms with Crippen molar-refractivity contribution in [3.05, 3.63) is 0 Å². The molecule has 2 nitrogen and oxygen atoms in total. The van der Waals surface area contributed by atoms with Crippen LogP contribution in [-0.2, 0) is 4.12 Å². The van der Waals surface area contributed by atoms with Crippen molar-refractivity contribution in [2.45, 2.75) is 63.8 Å². The molecule has 0 amide bonds. The smallest absolute Gasteiger partial charge is 0.229 e. The van der Waals surface area contributed by atoms with E-state index >= 15 is 0 Å². The zero-order chi connectivity index (χ0) is 11.2. The molecule has 0 saturated heterocycles. The summed E-state index contributed by atoms with van der Waals surface area (Å²) < 4.78 is 4.85. The summed E-state index contributed by atoms with van der Waals surface area (Å²) in [5.41, 5.74) is 5.44. The fourth-order valence-corrected chi connectivity index (χ4v) is 2.43. The fraction of sp³-hybridized carbons (Fsp3) is 1.00. The Labute approximate surface area is 101 Å². The lowest BCUT2D eigenvalue weighted by molar-refractivity contribution is 0.563. The number of nitrogens with two attached hydrogens (primary N) is 1. The van der Waals surface area contributed by atoms with Gasteiger partial charge in [-0.15, -0.1) is 0 Å². The normalized spacial score (nSPS) is 10.8. The average molecular weight is 242 g/mol. The van der Waals surface area contributed by atoms with Gasteiger partial charge in [-0.2, -0.15) is 0 Å². The molecule has 0 bridgehead atoms. The lowest BCUT2D eigenvalue weighted by Gasteiger charge is -2.01. The summed E-state index contributed by atoms with van der Waals surface area (Å²) in [5.74, 6) is 0. The quantitative estimate of drug-likeness (QED) is 0.422. The first-order chi connectivity index (χ1) is 7.41. The van der Waals surface area contributed by atoms with Gasteiger partial charge in [0.2, 0.25) is 20.2 Å². The lowest BCUT2D eigenvalue weighted by Crippen LogP contribution is -1.97. The fourth-order valence-electron chi connectivity index (χ4n) is 1.63. The van der Waals surface area contributed by atoms with Crippen LogP contribution < -0.4 is 5.73 Å². The van der Waals surface area contributed by atoms with Crippen LogP contribution in [0.4, 0.5) is 0 Å². The van der Waals surface area contributed by atoms with E-state index in [-0.39, 0.29) is 0 Å². The highest BCUT2D eigenvalue weighted by Gasteiger charge is 1.93. The zero-order valence-electron chi connectivity index (χ0n) is 9.76. The van der Waals surface area contributed by atoms with E-state index in [4.69, 9.17) is 9.85 Å². The molecule has 0 unspecified atom stereocenters. The third-order valence-corrected chi connectivity index (χ3v) is 3.69. The molecule has 15 heavy (non-hydrogen) atoms. The summed E-state index contributed by atoms with van der Waals surface area (Å²) in [7, 11) is 3.65. The van der Waals surface area contributed by atoms with Gasteiger partial charge in [-0.05, 0) is 19.0 Å². The van der Waals surface area contributed by atoms with E-state index in [0.717, 1.165) is 6.54 Å². The molecule has 0 aliphatic carbocycles. The highest BCUT2D eigenvalue weighted by Crippen LogP contribution is 2.10. The van der Waals surface area contributed by atoms with E-state index in [1.54, 1.807) is 0 Å². The molecule has 0 atom stereocenters. The van der Waals surface area contributed by atoms with Crippen molar-refractivity contribution in [2.24, 2.45) is 5.73 Å². The Morgan fingerprint density at radius 3 is 1.73 bits per heavy atom. The van der Waals surface area contributed by atoms with E-state index in [0.29, 0.717) is 9.76 Å². The minimum atomic E-state index is 0.629. The Bertz CT molecular complexity index is 103. The maximum absolute atomic E-state index is 5.44. The molecule has 0 aliphatic heterocycles. The molecule has 0 rings (SSSR count). The van der Waals surface area contributed by atoms with Gasteiger partial charge in [0.05, 0.1) is 0 Å². The zero-order valence-corrected chi connectivity index (χ0v) is 11.8. The summed E-state index contributed by atoms with van der Waals surface area (Å²) in [6, 6.07) is 1.21. The number of hydrogen-bond donors (Lipinski definition) is 1. The SMILES string of the molecule is NCCCCCCCCCCC[Si]O[Si]. The molecular weight excluding hydrogens is 218 g/mol. The minimum absolute atomic E-state index is 0.629. The van der Waals surface area contributed by atoms with Crippen molar-refractivity contribution in [3.63, 3.8) is 0 Å². The first-order valence-electron chi connectivity index (χ1n) is 6.17. The predicted octanol–water partition coefficient (Wildman–Crippen LogP) is 2.59. The van der Waals surface area contributed by atoms with Crippen LogP contribution in [-0.4, -0.2) is 26.8 Å².